The van der Waals surface area contributed by atoms with E-state index >= 15 is 0 Å². The van der Waals surface area contributed by atoms with Crippen LogP contribution in [0.1, 0.15) is 31.5 Å². The summed E-state index contributed by atoms with van der Waals surface area (Å²) in [7, 11) is 0. The van der Waals surface area contributed by atoms with E-state index in [1.807, 2.05) is 6.07 Å². The monoisotopic (exact) mass is 495 g/mol. The van der Waals surface area contributed by atoms with Gasteiger partial charge in [-0.05, 0) is 49.7 Å². The normalized spacial score (nSPS) is 15.3. The third-order valence-electron chi connectivity index (χ3n) is 6.21. The second kappa shape index (κ2) is 10.7. The van der Waals surface area contributed by atoms with Crippen LogP contribution < -0.4 is 20.7 Å². The van der Waals surface area contributed by atoms with Crippen LogP contribution in [0, 0.1) is 5.82 Å². The van der Waals surface area contributed by atoms with Crippen LogP contribution in [0.4, 0.5) is 26.6 Å². The quantitative estimate of drug-likeness (QED) is 0.456. The van der Waals surface area contributed by atoms with Gasteiger partial charge in [-0.15, -0.1) is 0 Å². The molecule has 1 aliphatic heterocycles. The van der Waals surface area contributed by atoms with E-state index in [0.29, 0.717) is 55.5 Å². The highest BCUT2D eigenvalue weighted by atomic mass is 19.1. The summed E-state index contributed by atoms with van der Waals surface area (Å²) < 4.78 is 20.2. The van der Waals surface area contributed by atoms with Gasteiger partial charge in [0.2, 0.25) is 5.95 Å². The zero-order valence-corrected chi connectivity index (χ0v) is 20.3. The molecule has 2 amide bonds. The number of aliphatic hydroxyl groups is 1. The maximum atomic E-state index is 14.2. The van der Waals surface area contributed by atoms with Crippen molar-refractivity contribution < 1.29 is 19.0 Å². The first-order chi connectivity index (χ1) is 17.3. The van der Waals surface area contributed by atoms with Crippen LogP contribution in [0.2, 0.25) is 0 Å². The minimum atomic E-state index is -1.32. The number of benzene rings is 1. The Balaban J connectivity index is 1.37. The maximum absolute atomic E-state index is 14.2. The molecule has 10 nitrogen and oxygen atoms in total. The van der Waals surface area contributed by atoms with Crippen molar-refractivity contribution in [1.82, 2.24) is 19.9 Å². The smallest absolute Gasteiger partial charge is 0.321 e. The van der Waals surface area contributed by atoms with Crippen LogP contribution in [0.5, 0.6) is 5.75 Å². The number of hydrogen-bond donors (Lipinski definition) is 3. The number of piperazine rings is 1. The zero-order valence-electron chi connectivity index (χ0n) is 20.3. The molecule has 0 aliphatic carbocycles. The Bertz CT molecular complexity index is 1220. The molecular formula is C25H30FN7O3. The second-order valence-corrected chi connectivity index (χ2v) is 8.75. The van der Waals surface area contributed by atoms with Crippen LogP contribution >= 0.6 is 0 Å². The molecule has 0 saturated carbocycles. The fourth-order valence-electron chi connectivity index (χ4n) is 3.91. The Morgan fingerprint density at radius 3 is 2.69 bits per heavy atom. The lowest BCUT2D eigenvalue weighted by atomic mass is 9.92. The van der Waals surface area contributed by atoms with Gasteiger partial charge in [0, 0.05) is 49.8 Å². The Kier molecular flexibility index (Phi) is 7.49. The molecule has 1 saturated heterocycles. The van der Waals surface area contributed by atoms with Gasteiger partial charge in [0.25, 0.3) is 0 Å². The minimum absolute atomic E-state index is 0.153. The van der Waals surface area contributed by atoms with Gasteiger partial charge in [0.1, 0.15) is 12.4 Å². The first-order valence-electron chi connectivity index (χ1n) is 11.8. The highest BCUT2D eigenvalue weighted by Gasteiger charge is 2.27. The molecular weight excluding hydrogens is 465 g/mol. The van der Waals surface area contributed by atoms with E-state index in [-0.39, 0.29) is 24.1 Å². The van der Waals surface area contributed by atoms with Crippen molar-refractivity contribution in [2.75, 3.05) is 42.1 Å². The maximum Gasteiger partial charge on any atom is 0.321 e. The molecule has 0 bridgehead atoms. The topological polar surface area (TPSA) is 130 Å². The molecule has 190 valence electrons. The number of rotatable bonds is 7. The molecule has 2 aromatic heterocycles. The molecule has 4 rings (SSSR count). The van der Waals surface area contributed by atoms with Gasteiger partial charge in [-0.1, -0.05) is 6.92 Å². The van der Waals surface area contributed by atoms with Crippen molar-refractivity contribution in [1.29, 1.82) is 0 Å². The number of aromatic nitrogens is 3. The van der Waals surface area contributed by atoms with Crippen LogP contribution in [-0.2, 0) is 12.2 Å². The van der Waals surface area contributed by atoms with E-state index in [1.54, 1.807) is 43.3 Å². The summed E-state index contributed by atoms with van der Waals surface area (Å²) in [6.45, 7) is 5.58. The molecule has 1 unspecified atom stereocenters. The Morgan fingerprint density at radius 1 is 1.19 bits per heavy atom. The highest BCUT2D eigenvalue weighted by molar-refractivity contribution is 5.89. The van der Waals surface area contributed by atoms with Crippen LogP contribution in [0.15, 0.2) is 48.8 Å². The summed E-state index contributed by atoms with van der Waals surface area (Å²) in [6, 6.07) is 9.30. The Hall–Kier alpha value is -3.99. The fourth-order valence-corrected chi connectivity index (χ4v) is 3.91. The molecule has 11 heteroatoms. The number of nitrogen functional groups attached to an aromatic ring is 1. The van der Waals surface area contributed by atoms with Gasteiger partial charge in [-0.25, -0.2) is 24.1 Å². The van der Waals surface area contributed by atoms with Crippen LogP contribution in [0.3, 0.4) is 0 Å². The van der Waals surface area contributed by atoms with Gasteiger partial charge in [-0.3, -0.25) is 0 Å². The number of urea groups is 1. The average molecular weight is 496 g/mol. The summed E-state index contributed by atoms with van der Waals surface area (Å²) in [4.78, 5) is 29.1. The lowest BCUT2D eigenvalue weighted by molar-refractivity contribution is 0.0494. The Morgan fingerprint density at radius 2 is 1.97 bits per heavy atom. The van der Waals surface area contributed by atoms with Gasteiger partial charge in [-0.2, -0.15) is 0 Å². The van der Waals surface area contributed by atoms with E-state index in [0.717, 1.165) is 0 Å². The van der Waals surface area contributed by atoms with Crippen LogP contribution in [0.25, 0.3) is 0 Å². The predicted octanol–water partition coefficient (Wildman–Crippen LogP) is 3.14. The van der Waals surface area contributed by atoms with Crippen molar-refractivity contribution in [3.8, 4) is 5.75 Å². The summed E-state index contributed by atoms with van der Waals surface area (Å²) in [6.07, 6.45) is 3.62. The van der Waals surface area contributed by atoms with Crippen molar-refractivity contribution in [2.45, 2.75) is 32.5 Å². The molecule has 36 heavy (non-hydrogen) atoms. The number of nitrogens with zero attached hydrogens (tertiary/aromatic N) is 5. The Labute approximate surface area is 208 Å². The zero-order chi connectivity index (χ0) is 25.7. The molecule has 1 atom stereocenters. The average Bonchev–Trinajstić information content (AvgIpc) is 2.89. The number of carbonyl (C=O) groups is 1. The first kappa shape index (κ1) is 25.1. The number of amides is 2. The third kappa shape index (κ3) is 5.80. The van der Waals surface area contributed by atoms with Gasteiger partial charge in [0.05, 0.1) is 11.3 Å². The van der Waals surface area contributed by atoms with Gasteiger partial charge in [0.15, 0.2) is 11.6 Å². The molecule has 1 fully saturated rings. The molecule has 4 N–H and O–H groups in total. The number of halogens is 1. The number of nitrogens with two attached hydrogens (primary N) is 1. The lowest BCUT2D eigenvalue weighted by Crippen LogP contribution is -2.50. The predicted molar refractivity (Wildman–Crippen MR) is 134 cm³/mol. The SMILES string of the molecule is CCC(C)(O)c1cc(NC(=O)N2CCN(c3ncccc3OCc3ccnc(N)n3)CC2)ccc1F. The van der Waals surface area contributed by atoms with Gasteiger partial charge >= 0.3 is 6.03 Å². The molecule has 0 spiro atoms. The van der Waals surface area contributed by atoms with Crippen LogP contribution in [-0.4, -0.2) is 57.2 Å². The number of anilines is 3. The van der Waals surface area contributed by atoms with Gasteiger partial charge < -0.3 is 30.7 Å². The van der Waals surface area contributed by atoms with Crippen molar-refractivity contribution >= 4 is 23.5 Å². The number of carbonyl (C=O) groups excluding carboxylic acids is 1. The molecule has 0 radical (unpaired) electrons. The largest absolute Gasteiger partial charge is 0.483 e. The second-order valence-electron chi connectivity index (χ2n) is 8.75. The minimum Gasteiger partial charge on any atom is -0.483 e. The number of pyridine rings is 1. The van der Waals surface area contributed by atoms with Crippen molar-refractivity contribution in [3.05, 3.63) is 65.9 Å². The molecule has 1 aliphatic rings. The standard InChI is InChI=1S/C25H30FN7O3/c1-3-25(2,35)19-15-17(6-7-20(19)26)31-24(34)33-13-11-32(12-14-33)22-21(5-4-9-28-22)36-16-18-8-10-29-23(27)30-18/h4-10,15,35H,3,11-14,16H2,1-2H3,(H,31,34)(H2,27,29,30). The van der Waals surface area contributed by atoms with E-state index in [4.69, 9.17) is 10.5 Å². The first-order valence-corrected chi connectivity index (χ1v) is 11.8. The molecule has 3 heterocycles. The van der Waals surface area contributed by atoms with E-state index in [2.05, 4.69) is 25.2 Å². The number of nitrogens with one attached hydrogen (secondary N) is 1. The highest BCUT2D eigenvalue weighted by Crippen LogP contribution is 2.30. The van der Waals surface area contributed by atoms with E-state index in [9.17, 15) is 14.3 Å². The van der Waals surface area contributed by atoms with E-state index < -0.39 is 11.4 Å². The van der Waals surface area contributed by atoms with Crippen molar-refractivity contribution in [2.24, 2.45) is 0 Å². The molecule has 3 aromatic rings. The van der Waals surface area contributed by atoms with E-state index in [1.165, 1.54) is 18.2 Å². The summed E-state index contributed by atoms with van der Waals surface area (Å²) in [5, 5.41) is 13.3. The summed E-state index contributed by atoms with van der Waals surface area (Å²) in [5.74, 6) is 0.966. The number of ether oxygens (including phenoxy) is 1. The lowest BCUT2D eigenvalue weighted by Gasteiger charge is -2.36. The summed E-state index contributed by atoms with van der Waals surface area (Å²) >= 11 is 0. The number of hydrogen-bond acceptors (Lipinski definition) is 8. The summed E-state index contributed by atoms with van der Waals surface area (Å²) in [5.41, 5.74) is 5.55. The molecule has 1 aromatic carbocycles. The fraction of sp³-hybridized carbons (Fsp3) is 0.360. The van der Waals surface area contributed by atoms with Crippen molar-refractivity contribution in [3.63, 3.8) is 0 Å². The third-order valence-corrected chi connectivity index (χ3v) is 6.21.